The third kappa shape index (κ3) is 3.52. The number of amides is 2. The van der Waals surface area contributed by atoms with Crippen LogP contribution in [0.5, 0.6) is 0 Å². The fraction of sp³-hybridized carbons (Fsp3) is 0.250. The highest BCUT2D eigenvalue weighted by Gasteiger charge is 2.28. The molecule has 0 saturated heterocycles. The van der Waals surface area contributed by atoms with Gasteiger partial charge in [0.15, 0.2) is 0 Å². The Balaban J connectivity index is 2.74. The van der Waals surface area contributed by atoms with Crippen LogP contribution in [0.2, 0.25) is 5.02 Å². The van der Waals surface area contributed by atoms with Crippen LogP contribution in [0.25, 0.3) is 11.3 Å². The average molecular weight is 352 g/mol. The van der Waals surface area contributed by atoms with Crippen LogP contribution in [0.1, 0.15) is 23.0 Å². The molecule has 8 heteroatoms. The number of ether oxygens (including phenoxy) is 2. The fourth-order valence-corrected chi connectivity index (χ4v) is 2.74. The number of carbonyl (C=O) groups excluding carboxylic acids is 2. The van der Waals surface area contributed by atoms with Crippen molar-refractivity contribution < 1.29 is 19.1 Å². The van der Waals surface area contributed by atoms with Gasteiger partial charge in [-0.1, -0.05) is 41.9 Å². The van der Waals surface area contributed by atoms with Crippen LogP contribution in [0.3, 0.4) is 0 Å². The summed E-state index contributed by atoms with van der Waals surface area (Å²) in [5, 5.41) is 0.153. The molecule has 0 fully saturated rings. The fourth-order valence-electron chi connectivity index (χ4n) is 2.36. The first-order chi connectivity index (χ1) is 11.5. The lowest BCUT2D eigenvalue weighted by Crippen LogP contribution is -2.30. The molecule has 2 amide bonds. The molecule has 0 spiro atoms. The predicted molar refractivity (Wildman–Crippen MR) is 90.5 cm³/mol. The van der Waals surface area contributed by atoms with Gasteiger partial charge in [0.2, 0.25) is 0 Å². The number of aromatic nitrogens is 1. The summed E-state index contributed by atoms with van der Waals surface area (Å²) in [5.41, 5.74) is 9.33. The van der Waals surface area contributed by atoms with E-state index in [1.54, 1.807) is 19.1 Å². The lowest BCUT2D eigenvalue weighted by molar-refractivity contribution is 0.0521. The molecule has 0 aliphatic heterocycles. The highest BCUT2D eigenvalue weighted by molar-refractivity contribution is 6.36. The quantitative estimate of drug-likeness (QED) is 0.782. The lowest BCUT2D eigenvalue weighted by Gasteiger charge is -2.13. The van der Waals surface area contributed by atoms with Crippen molar-refractivity contribution in [2.24, 2.45) is 5.73 Å². The number of rotatable bonds is 6. The summed E-state index contributed by atoms with van der Waals surface area (Å²) in [6.45, 7) is 1.91. The Morgan fingerprint density at radius 2 is 1.96 bits per heavy atom. The van der Waals surface area contributed by atoms with Crippen LogP contribution in [-0.4, -0.2) is 30.4 Å². The maximum Gasteiger partial charge on any atom is 0.341 e. The predicted octanol–water partition coefficient (Wildman–Crippen LogP) is 2.75. The molecule has 1 heterocycles. The van der Waals surface area contributed by atoms with E-state index in [9.17, 15) is 9.59 Å². The van der Waals surface area contributed by atoms with E-state index in [1.807, 2.05) is 18.2 Å². The van der Waals surface area contributed by atoms with Crippen molar-refractivity contribution in [3.05, 3.63) is 46.6 Å². The Bertz CT molecular complexity index is 744. The molecule has 1 aromatic carbocycles. The minimum atomic E-state index is -0.799. The third-order valence-electron chi connectivity index (χ3n) is 3.24. The molecular weight excluding hydrogens is 334 g/mol. The number of nitrogens with one attached hydrogen (secondary N) is 1. The highest BCUT2D eigenvalue weighted by Crippen LogP contribution is 2.36. The smallest absolute Gasteiger partial charge is 0.341 e. The topological polar surface area (TPSA) is 95.6 Å². The molecule has 2 rings (SSSR count). The van der Waals surface area contributed by atoms with Gasteiger partial charge in [0, 0.05) is 12.7 Å². The van der Waals surface area contributed by atoms with E-state index >= 15 is 0 Å². The summed E-state index contributed by atoms with van der Waals surface area (Å²) in [4.78, 5) is 23.7. The molecule has 7 nitrogen and oxygen atoms in total. The SMILES string of the molecule is CCOC(=O)c1c(Cl)c(-c2ccccc2)n(NC(N)=O)c1COC. The van der Waals surface area contributed by atoms with Crippen molar-refractivity contribution in [3.63, 3.8) is 0 Å². The van der Waals surface area contributed by atoms with Crippen molar-refractivity contribution in [1.82, 2.24) is 4.68 Å². The zero-order chi connectivity index (χ0) is 17.7. The van der Waals surface area contributed by atoms with Crippen LogP contribution in [-0.2, 0) is 16.1 Å². The number of halogens is 1. The van der Waals surface area contributed by atoms with Crippen LogP contribution >= 0.6 is 11.6 Å². The summed E-state index contributed by atoms with van der Waals surface area (Å²) in [5.74, 6) is -0.600. The van der Waals surface area contributed by atoms with E-state index in [2.05, 4.69) is 5.43 Å². The number of benzene rings is 1. The van der Waals surface area contributed by atoms with E-state index in [4.69, 9.17) is 26.8 Å². The molecular formula is C16H18ClN3O4. The van der Waals surface area contributed by atoms with Gasteiger partial charge in [-0.3, -0.25) is 4.68 Å². The van der Waals surface area contributed by atoms with Crippen molar-refractivity contribution in [2.45, 2.75) is 13.5 Å². The second kappa shape index (κ2) is 7.85. The van der Waals surface area contributed by atoms with Gasteiger partial charge in [-0.2, -0.15) is 0 Å². The van der Waals surface area contributed by atoms with E-state index in [0.717, 1.165) is 0 Å². The molecule has 2 aromatic rings. The van der Waals surface area contributed by atoms with Crippen LogP contribution in [0.4, 0.5) is 4.79 Å². The van der Waals surface area contributed by atoms with Gasteiger partial charge in [0.1, 0.15) is 5.56 Å². The first-order valence-corrected chi connectivity index (χ1v) is 7.60. The molecule has 0 aliphatic rings. The second-order valence-electron chi connectivity index (χ2n) is 4.82. The molecule has 0 aliphatic carbocycles. The molecule has 24 heavy (non-hydrogen) atoms. The summed E-state index contributed by atoms with van der Waals surface area (Å²) in [7, 11) is 1.46. The van der Waals surface area contributed by atoms with Gasteiger partial charge < -0.3 is 15.2 Å². The molecule has 0 unspecified atom stereocenters. The van der Waals surface area contributed by atoms with Gasteiger partial charge in [-0.15, -0.1) is 0 Å². The first kappa shape index (κ1) is 17.8. The number of nitrogens with two attached hydrogens (primary N) is 1. The molecule has 128 valence electrons. The minimum Gasteiger partial charge on any atom is -0.462 e. The molecule has 0 saturated carbocycles. The zero-order valence-corrected chi connectivity index (χ0v) is 14.1. The van der Waals surface area contributed by atoms with Crippen LogP contribution < -0.4 is 11.2 Å². The largest absolute Gasteiger partial charge is 0.462 e. The zero-order valence-electron chi connectivity index (χ0n) is 13.3. The maximum absolute atomic E-state index is 12.3. The minimum absolute atomic E-state index is 0.0288. The van der Waals surface area contributed by atoms with E-state index in [0.29, 0.717) is 17.0 Å². The third-order valence-corrected chi connectivity index (χ3v) is 3.61. The van der Waals surface area contributed by atoms with Crippen molar-refractivity contribution >= 4 is 23.6 Å². The van der Waals surface area contributed by atoms with Crippen molar-refractivity contribution in [3.8, 4) is 11.3 Å². The van der Waals surface area contributed by atoms with Gasteiger partial charge in [0.05, 0.1) is 29.6 Å². The van der Waals surface area contributed by atoms with E-state index in [-0.39, 0.29) is 23.8 Å². The summed E-state index contributed by atoms with van der Waals surface area (Å²) in [6.07, 6.45) is 0. The Kier molecular flexibility index (Phi) is 5.83. The van der Waals surface area contributed by atoms with Crippen molar-refractivity contribution in [1.29, 1.82) is 0 Å². The number of hydrogen-bond donors (Lipinski definition) is 2. The van der Waals surface area contributed by atoms with E-state index in [1.165, 1.54) is 11.8 Å². The molecule has 0 atom stereocenters. The summed E-state index contributed by atoms with van der Waals surface area (Å²) >= 11 is 6.45. The number of nitrogens with zero attached hydrogens (tertiary/aromatic N) is 1. The lowest BCUT2D eigenvalue weighted by atomic mass is 10.1. The second-order valence-corrected chi connectivity index (χ2v) is 5.19. The summed E-state index contributed by atoms with van der Waals surface area (Å²) < 4.78 is 11.6. The number of esters is 1. The number of methoxy groups -OCH3 is 1. The monoisotopic (exact) mass is 351 g/mol. The van der Waals surface area contributed by atoms with Gasteiger partial charge >= 0.3 is 12.0 Å². The van der Waals surface area contributed by atoms with Gasteiger partial charge in [0.25, 0.3) is 0 Å². The molecule has 0 radical (unpaired) electrons. The van der Waals surface area contributed by atoms with Crippen molar-refractivity contribution in [2.75, 3.05) is 19.1 Å². The Labute approximate surface area is 144 Å². The number of carbonyl (C=O) groups is 2. The van der Waals surface area contributed by atoms with Crippen LogP contribution in [0, 0.1) is 0 Å². The summed E-state index contributed by atoms with van der Waals surface area (Å²) in [6, 6.07) is 8.26. The number of urea groups is 1. The normalized spacial score (nSPS) is 10.5. The Hall–Kier alpha value is -2.51. The molecule has 0 bridgehead atoms. The molecule has 1 aromatic heterocycles. The van der Waals surface area contributed by atoms with Crippen LogP contribution in [0.15, 0.2) is 30.3 Å². The molecule has 3 N–H and O–H groups in total. The average Bonchev–Trinajstić information content (AvgIpc) is 2.80. The number of primary amides is 1. The standard InChI is InChI=1S/C16H18ClN3O4/c1-3-24-15(21)12-11(9-23-2)20(19-16(18)22)14(13(12)17)10-7-5-4-6-8-10/h4-8H,3,9H2,1-2H3,(H3,18,19,22). The van der Waals surface area contributed by atoms with Gasteiger partial charge in [-0.05, 0) is 6.92 Å². The van der Waals surface area contributed by atoms with E-state index < -0.39 is 12.0 Å². The first-order valence-electron chi connectivity index (χ1n) is 7.22. The Morgan fingerprint density at radius 3 is 2.50 bits per heavy atom. The van der Waals surface area contributed by atoms with Gasteiger partial charge in [-0.25, -0.2) is 15.0 Å². The maximum atomic E-state index is 12.3. The number of hydrogen-bond acceptors (Lipinski definition) is 4. The highest BCUT2D eigenvalue weighted by atomic mass is 35.5. The Morgan fingerprint density at radius 1 is 1.29 bits per heavy atom.